The van der Waals surface area contributed by atoms with Crippen molar-refractivity contribution >= 4 is 34.8 Å². The van der Waals surface area contributed by atoms with Gasteiger partial charge >= 0.3 is 0 Å². The summed E-state index contributed by atoms with van der Waals surface area (Å²) in [5.74, 6) is 0.185. The molecule has 0 aromatic heterocycles. The molecule has 2 aromatic carbocycles. The van der Waals surface area contributed by atoms with Gasteiger partial charge in [0.05, 0.1) is 5.02 Å². The molecule has 0 saturated carbocycles. The molecule has 2 aromatic rings. The number of hydrogen-bond donors (Lipinski definition) is 1. The van der Waals surface area contributed by atoms with Gasteiger partial charge in [-0.3, -0.25) is 4.79 Å². The van der Waals surface area contributed by atoms with Crippen LogP contribution in [0.3, 0.4) is 0 Å². The van der Waals surface area contributed by atoms with Crippen LogP contribution in [0.5, 0.6) is 5.75 Å². The van der Waals surface area contributed by atoms with Crippen molar-refractivity contribution in [3.8, 4) is 5.75 Å². The van der Waals surface area contributed by atoms with Gasteiger partial charge in [-0.05, 0) is 49.2 Å². The lowest BCUT2D eigenvalue weighted by atomic mass is 10.1. The topological polar surface area (TPSA) is 38.3 Å². The molecule has 0 unspecified atom stereocenters. The number of hydrogen-bond acceptors (Lipinski definition) is 2. The van der Waals surface area contributed by atoms with E-state index in [9.17, 15) is 4.79 Å². The predicted octanol–water partition coefficient (Wildman–Crippen LogP) is 4.96. The van der Waals surface area contributed by atoms with Gasteiger partial charge < -0.3 is 10.1 Å². The average Bonchev–Trinajstić information content (AvgIpc) is 2.50. The summed E-state index contributed by atoms with van der Waals surface area (Å²) in [6, 6.07) is 12.6. The van der Waals surface area contributed by atoms with Gasteiger partial charge in [0, 0.05) is 10.7 Å². The molecule has 0 aliphatic rings. The maximum Gasteiger partial charge on any atom is 0.265 e. The minimum atomic E-state index is -0.676. The van der Waals surface area contributed by atoms with E-state index >= 15 is 0 Å². The molecule has 0 aliphatic heterocycles. The van der Waals surface area contributed by atoms with Crippen LogP contribution in [0.4, 0.5) is 5.69 Å². The van der Waals surface area contributed by atoms with Crippen molar-refractivity contribution in [2.45, 2.75) is 26.4 Å². The summed E-state index contributed by atoms with van der Waals surface area (Å²) in [7, 11) is 0. The zero-order chi connectivity index (χ0) is 16.1. The fourth-order valence-corrected chi connectivity index (χ4v) is 2.34. The number of halogens is 2. The van der Waals surface area contributed by atoms with Crippen LogP contribution < -0.4 is 10.1 Å². The van der Waals surface area contributed by atoms with Crippen molar-refractivity contribution in [2.75, 3.05) is 5.32 Å². The van der Waals surface area contributed by atoms with E-state index in [1.165, 1.54) is 5.56 Å². The fraction of sp³-hybridized carbons (Fsp3) is 0.235. The molecule has 0 radical (unpaired) electrons. The number of anilines is 1. The van der Waals surface area contributed by atoms with Crippen LogP contribution in [-0.2, 0) is 11.2 Å². The highest BCUT2D eigenvalue weighted by Crippen LogP contribution is 2.28. The Balaban J connectivity index is 1.99. The molecule has 1 amide bonds. The van der Waals surface area contributed by atoms with Gasteiger partial charge in [0.15, 0.2) is 6.10 Å². The largest absolute Gasteiger partial charge is 0.479 e. The van der Waals surface area contributed by atoms with Crippen LogP contribution in [0.2, 0.25) is 10.0 Å². The highest BCUT2D eigenvalue weighted by Gasteiger charge is 2.16. The SMILES string of the molecule is CCc1ccc(NC(=O)[C@@H](C)Oc2ccc(Cl)cc2Cl)cc1. The normalized spacial score (nSPS) is 11.8. The number of amides is 1. The molecule has 5 heteroatoms. The van der Waals surface area contributed by atoms with Crippen LogP contribution in [-0.4, -0.2) is 12.0 Å². The monoisotopic (exact) mass is 337 g/mol. The molecule has 1 N–H and O–H groups in total. The first-order valence-electron chi connectivity index (χ1n) is 7.01. The Hall–Kier alpha value is -1.71. The number of nitrogens with one attached hydrogen (secondary N) is 1. The van der Waals surface area contributed by atoms with E-state index in [2.05, 4.69) is 12.2 Å². The lowest BCUT2D eigenvalue weighted by Gasteiger charge is -2.16. The van der Waals surface area contributed by atoms with E-state index < -0.39 is 6.10 Å². The molecule has 0 spiro atoms. The van der Waals surface area contributed by atoms with Gasteiger partial charge in [-0.1, -0.05) is 42.3 Å². The van der Waals surface area contributed by atoms with Crippen molar-refractivity contribution in [3.05, 3.63) is 58.1 Å². The first-order chi connectivity index (χ1) is 10.5. The van der Waals surface area contributed by atoms with Crippen molar-refractivity contribution in [2.24, 2.45) is 0 Å². The Labute approximate surface area is 140 Å². The van der Waals surface area contributed by atoms with E-state index in [4.69, 9.17) is 27.9 Å². The number of ether oxygens (including phenoxy) is 1. The summed E-state index contributed by atoms with van der Waals surface area (Å²) in [6.45, 7) is 3.75. The molecule has 22 heavy (non-hydrogen) atoms. The average molecular weight is 338 g/mol. The number of rotatable bonds is 5. The molecule has 0 saturated heterocycles. The number of benzene rings is 2. The van der Waals surface area contributed by atoms with Gasteiger partial charge in [0.1, 0.15) is 5.75 Å². The fourth-order valence-electron chi connectivity index (χ4n) is 1.88. The lowest BCUT2D eigenvalue weighted by Crippen LogP contribution is -2.30. The minimum absolute atomic E-state index is 0.240. The maximum absolute atomic E-state index is 12.1. The van der Waals surface area contributed by atoms with Gasteiger partial charge in [-0.2, -0.15) is 0 Å². The van der Waals surface area contributed by atoms with Gasteiger partial charge in [0.25, 0.3) is 5.91 Å². The second kappa shape index (κ2) is 7.52. The van der Waals surface area contributed by atoms with Crippen LogP contribution in [0.25, 0.3) is 0 Å². The Morgan fingerprint density at radius 2 is 1.86 bits per heavy atom. The van der Waals surface area contributed by atoms with E-state index in [0.717, 1.165) is 12.1 Å². The summed E-state index contributed by atoms with van der Waals surface area (Å²) in [5, 5.41) is 3.70. The van der Waals surface area contributed by atoms with Crippen molar-refractivity contribution in [1.29, 1.82) is 0 Å². The first-order valence-corrected chi connectivity index (χ1v) is 7.76. The third-order valence-electron chi connectivity index (χ3n) is 3.20. The predicted molar refractivity (Wildman–Crippen MR) is 91.0 cm³/mol. The number of aryl methyl sites for hydroxylation is 1. The minimum Gasteiger partial charge on any atom is -0.479 e. The Bertz CT molecular complexity index is 656. The Morgan fingerprint density at radius 1 is 1.18 bits per heavy atom. The van der Waals surface area contributed by atoms with Gasteiger partial charge in [0.2, 0.25) is 0 Å². The first kappa shape index (κ1) is 16.7. The summed E-state index contributed by atoms with van der Waals surface area (Å²) >= 11 is 11.9. The second-order valence-corrected chi connectivity index (χ2v) is 5.72. The zero-order valence-corrected chi connectivity index (χ0v) is 13.9. The van der Waals surface area contributed by atoms with E-state index in [0.29, 0.717) is 15.8 Å². The maximum atomic E-state index is 12.1. The summed E-state index contributed by atoms with van der Waals surface area (Å²) < 4.78 is 5.58. The molecule has 116 valence electrons. The van der Waals surface area contributed by atoms with E-state index in [-0.39, 0.29) is 5.91 Å². The molecule has 1 atom stereocenters. The standard InChI is InChI=1S/C17H17Cl2NO2/c1-3-12-4-7-14(8-5-12)20-17(21)11(2)22-16-9-6-13(18)10-15(16)19/h4-11H,3H2,1-2H3,(H,20,21)/t11-/m1/s1. The van der Waals surface area contributed by atoms with Crippen LogP contribution in [0.1, 0.15) is 19.4 Å². The third-order valence-corrected chi connectivity index (χ3v) is 3.73. The molecule has 3 nitrogen and oxygen atoms in total. The molecular formula is C17H17Cl2NO2. The molecule has 2 rings (SSSR count). The van der Waals surface area contributed by atoms with Gasteiger partial charge in [-0.15, -0.1) is 0 Å². The molecule has 0 bridgehead atoms. The molecular weight excluding hydrogens is 321 g/mol. The van der Waals surface area contributed by atoms with Gasteiger partial charge in [-0.25, -0.2) is 0 Å². The third kappa shape index (κ3) is 4.39. The second-order valence-electron chi connectivity index (χ2n) is 4.87. The number of carbonyl (C=O) groups excluding carboxylic acids is 1. The van der Waals surface area contributed by atoms with Crippen molar-refractivity contribution in [1.82, 2.24) is 0 Å². The summed E-state index contributed by atoms with van der Waals surface area (Å²) in [6.07, 6.45) is 0.285. The highest BCUT2D eigenvalue weighted by atomic mass is 35.5. The number of carbonyl (C=O) groups is 1. The summed E-state index contributed by atoms with van der Waals surface area (Å²) in [5.41, 5.74) is 1.95. The highest BCUT2D eigenvalue weighted by molar-refractivity contribution is 6.35. The van der Waals surface area contributed by atoms with E-state index in [1.807, 2.05) is 24.3 Å². The smallest absolute Gasteiger partial charge is 0.265 e. The van der Waals surface area contributed by atoms with Crippen LogP contribution in [0, 0.1) is 0 Å². The quantitative estimate of drug-likeness (QED) is 0.837. The van der Waals surface area contributed by atoms with Crippen LogP contribution in [0.15, 0.2) is 42.5 Å². The molecule has 0 fully saturated rings. The zero-order valence-electron chi connectivity index (χ0n) is 12.4. The van der Waals surface area contributed by atoms with Crippen molar-refractivity contribution < 1.29 is 9.53 Å². The van der Waals surface area contributed by atoms with Crippen molar-refractivity contribution in [3.63, 3.8) is 0 Å². The molecule has 0 heterocycles. The lowest BCUT2D eigenvalue weighted by molar-refractivity contribution is -0.122. The summed E-state index contributed by atoms with van der Waals surface area (Å²) in [4.78, 5) is 12.1. The molecule has 0 aliphatic carbocycles. The van der Waals surface area contributed by atoms with Crippen LogP contribution >= 0.6 is 23.2 Å². The Kier molecular flexibility index (Phi) is 5.69. The Morgan fingerprint density at radius 3 is 2.45 bits per heavy atom. The van der Waals surface area contributed by atoms with E-state index in [1.54, 1.807) is 25.1 Å².